The predicted octanol–water partition coefficient (Wildman–Crippen LogP) is 3.33. The highest BCUT2D eigenvalue weighted by Crippen LogP contribution is 2.36. The summed E-state index contributed by atoms with van der Waals surface area (Å²) in [6.07, 6.45) is 5.83. The van der Waals surface area contributed by atoms with E-state index in [0.717, 1.165) is 25.9 Å². The molecule has 1 amide bonds. The molecular weight excluding hydrogens is 309 g/mol. The molecule has 128 valence electrons. The number of aliphatic carboxylic acids is 1. The maximum Gasteiger partial charge on any atom is 0.332 e. The van der Waals surface area contributed by atoms with Gasteiger partial charge in [0.25, 0.3) is 0 Å². The third kappa shape index (κ3) is 3.66. The first-order chi connectivity index (χ1) is 11.5. The second-order valence-corrected chi connectivity index (χ2v) is 6.78. The number of rotatable bonds is 4. The van der Waals surface area contributed by atoms with Crippen LogP contribution >= 0.6 is 0 Å². The average molecular weight is 331 g/mol. The van der Waals surface area contributed by atoms with Crippen LogP contribution in [0.25, 0.3) is 6.08 Å². The van der Waals surface area contributed by atoms with Gasteiger partial charge in [0, 0.05) is 24.2 Å². The Balaban J connectivity index is 1.71. The van der Waals surface area contributed by atoms with Gasteiger partial charge in [-0.2, -0.15) is 0 Å². The van der Waals surface area contributed by atoms with Gasteiger partial charge in [0.2, 0.25) is 5.91 Å². The van der Waals surface area contributed by atoms with Crippen molar-refractivity contribution in [1.29, 1.82) is 0 Å². The fraction of sp³-hybridized carbons (Fsp3) is 0.474. The molecule has 0 radical (unpaired) electrons. The molecule has 1 heterocycles. The molecule has 5 heteroatoms. The van der Waals surface area contributed by atoms with E-state index in [0.29, 0.717) is 11.8 Å². The molecule has 2 atom stereocenters. The fourth-order valence-corrected chi connectivity index (χ4v) is 3.85. The first kappa shape index (κ1) is 16.7. The molecule has 1 aromatic rings. The number of carboxylic acids is 1. The van der Waals surface area contributed by atoms with Crippen LogP contribution in [0.5, 0.6) is 0 Å². The van der Waals surface area contributed by atoms with Crippen LogP contribution in [0.3, 0.4) is 0 Å². The molecule has 1 aromatic carbocycles. The minimum absolute atomic E-state index is 0.0695. The second-order valence-electron chi connectivity index (χ2n) is 6.78. The number of likely N-dealkylation sites (tertiary alicyclic amines) is 1. The van der Waals surface area contributed by atoms with Crippen molar-refractivity contribution in [2.24, 2.45) is 11.8 Å². The molecule has 1 N–H and O–H groups in total. The molecular formula is C19H22FNO3. The Morgan fingerprint density at radius 3 is 2.38 bits per heavy atom. The standard InChI is InChI=1S/C19H22FNO3/c20-17-8-4-3-5-13(17)9-16(19(23)24)10-18(22)21-11-14-6-1-2-7-15(14)12-21/h3-5,8-9,14-15H,1-2,6-7,10-12H2,(H,23,24). The highest BCUT2D eigenvalue weighted by molar-refractivity contribution is 5.98. The summed E-state index contributed by atoms with van der Waals surface area (Å²) < 4.78 is 13.7. The van der Waals surface area contributed by atoms with Gasteiger partial charge in [0.05, 0.1) is 6.42 Å². The Bertz CT molecular complexity index is 656. The van der Waals surface area contributed by atoms with Crippen LogP contribution in [0, 0.1) is 17.7 Å². The normalized spacial score (nSPS) is 23.9. The lowest BCUT2D eigenvalue weighted by molar-refractivity contribution is -0.136. The number of halogens is 1. The zero-order valence-corrected chi connectivity index (χ0v) is 13.6. The van der Waals surface area contributed by atoms with Gasteiger partial charge in [0.15, 0.2) is 0 Å². The summed E-state index contributed by atoms with van der Waals surface area (Å²) in [5.41, 5.74) is 0.123. The zero-order chi connectivity index (χ0) is 17.1. The third-order valence-electron chi connectivity index (χ3n) is 5.18. The number of hydrogen-bond donors (Lipinski definition) is 1. The van der Waals surface area contributed by atoms with Crippen LogP contribution in [-0.4, -0.2) is 35.0 Å². The third-order valence-corrected chi connectivity index (χ3v) is 5.18. The van der Waals surface area contributed by atoms with Gasteiger partial charge in [0.1, 0.15) is 5.82 Å². The van der Waals surface area contributed by atoms with Crippen LogP contribution < -0.4 is 0 Å². The SMILES string of the molecule is O=C(O)C(=Cc1ccccc1F)CC(=O)N1CC2CCCCC2C1. The minimum Gasteiger partial charge on any atom is -0.478 e. The van der Waals surface area contributed by atoms with Crippen LogP contribution in [0.2, 0.25) is 0 Å². The quantitative estimate of drug-likeness (QED) is 0.861. The number of benzene rings is 1. The molecule has 3 rings (SSSR count). The van der Waals surface area contributed by atoms with Gasteiger partial charge in [-0.15, -0.1) is 0 Å². The molecule has 1 aliphatic heterocycles. The molecule has 0 bridgehead atoms. The van der Waals surface area contributed by atoms with E-state index in [9.17, 15) is 19.1 Å². The Morgan fingerprint density at radius 2 is 1.79 bits per heavy atom. The maximum absolute atomic E-state index is 13.7. The van der Waals surface area contributed by atoms with Crippen molar-refractivity contribution in [3.8, 4) is 0 Å². The number of nitrogens with zero attached hydrogens (tertiary/aromatic N) is 1. The molecule has 1 aliphatic carbocycles. The largest absolute Gasteiger partial charge is 0.478 e. The summed E-state index contributed by atoms with van der Waals surface area (Å²) in [6, 6.07) is 5.97. The molecule has 24 heavy (non-hydrogen) atoms. The van der Waals surface area contributed by atoms with Gasteiger partial charge < -0.3 is 10.0 Å². The lowest BCUT2D eigenvalue weighted by atomic mass is 9.82. The summed E-state index contributed by atoms with van der Waals surface area (Å²) in [5, 5.41) is 9.36. The molecule has 2 fully saturated rings. The highest BCUT2D eigenvalue weighted by atomic mass is 19.1. The lowest BCUT2D eigenvalue weighted by Crippen LogP contribution is -2.29. The van der Waals surface area contributed by atoms with Crippen molar-refractivity contribution in [3.05, 3.63) is 41.2 Å². The molecule has 2 unspecified atom stereocenters. The van der Waals surface area contributed by atoms with E-state index >= 15 is 0 Å². The molecule has 4 nitrogen and oxygen atoms in total. The van der Waals surface area contributed by atoms with Crippen molar-refractivity contribution in [1.82, 2.24) is 4.90 Å². The number of carboxylic acid groups (broad SMARTS) is 1. The lowest BCUT2D eigenvalue weighted by Gasteiger charge is -2.22. The van der Waals surface area contributed by atoms with Crippen molar-refractivity contribution in [2.45, 2.75) is 32.1 Å². The Hall–Kier alpha value is -2.17. The van der Waals surface area contributed by atoms with Gasteiger partial charge in [-0.1, -0.05) is 31.0 Å². The van der Waals surface area contributed by atoms with E-state index in [4.69, 9.17) is 0 Å². The van der Waals surface area contributed by atoms with E-state index in [1.54, 1.807) is 17.0 Å². The first-order valence-corrected chi connectivity index (χ1v) is 8.51. The van der Waals surface area contributed by atoms with E-state index in [1.165, 1.54) is 31.1 Å². The number of carbonyl (C=O) groups is 2. The molecule has 1 saturated heterocycles. The topological polar surface area (TPSA) is 57.6 Å². The van der Waals surface area contributed by atoms with Crippen molar-refractivity contribution in [3.63, 3.8) is 0 Å². The predicted molar refractivity (Wildman–Crippen MR) is 88.7 cm³/mol. The molecule has 1 saturated carbocycles. The Labute approximate surface area is 141 Å². The first-order valence-electron chi connectivity index (χ1n) is 8.51. The highest BCUT2D eigenvalue weighted by Gasteiger charge is 2.36. The fourth-order valence-electron chi connectivity index (χ4n) is 3.85. The van der Waals surface area contributed by atoms with Crippen LogP contribution in [0.1, 0.15) is 37.7 Å². The Morgan fingerprint density at radius 1 is 1.17 bits per heavy atom. The number of hydrogen-bond acceptors (Lipinski definition) is 2. The monoisotopic (exact) mass is 331 g/mol. The van der Waals surface area contributed by atoms with Crippen molar-refractivity contribution < 1.29 is 19.1 Å². The molecule has 0 spiro atoms. The minimum atomic E-state index is -1.18. The van der Waals surface area contributed by atoms with E-state index < -0.39 is 11.8 Å². The number of fused-ring (bicyclic) bond motifs is 1. The summed E-state index contributed by atoms with van der Waals surface area (Å²) in [7, 11) is 0. The molecule has 0 aromatic heterocycles. The van der Waals surface area contributed by atoms with E-state index in [2.05, 4.69) is 0 Å². The van der Waals surface area contributed by atoms with E-state index in [-0.39, 0.29) is 23.5 Å². The Kier molecular flexibility index (Phi) is 4.97. The van der Waals surface area contributed by atoms with Gasteiger partial charge in [-0.05, 0) is 36.8 Å². The van der Waals surface area contributed by atoms with Crippen LogP contribution in [0.15, 0.2) is 29.8 Å². The van der Waals surface area contributed by atoms with Crippen LogP contribution in [-0.2, 0) is 9.59 Å². The van der Waals surface area contributed by atoms with Crippen LogP contribution in [0.4, 0.5) is 4.39 Å². The zero-order valence-electron chi connectivity index (χ0n) is 13.6. The van der Waals surface area contributed by atoms with Gasteiger partial charge >= 0.3 is 5.97 Å². The summed E-state index contributed by atoms with van der Waals surface area (Å²) in [6.45, 7) is 1.46. The molecule has 2 aliphatic rings. The van der Waals surface area contributed by atoms with Crippen molar-refractivity contribution >= 4 is 18.0 Å². The van der Waals surface area contributed by atoms with Gasteiger partial charge in [-0.3, -0.25) is 4.79 Å². The summed E-state index contributed by atoms with van der Waals surface area (Å²) >= 11 is 0. The van der Waals surface area contributed by atoms with Gasteiger partial charge in [-0.25, -0.2) is 9.18 Å². The average Bonchev–Trinajstić information content (AvgIpc) is 3.00. The maximum atomic E-state index is 13.7. The number of carbonyl (C=O) groups excluding carboxylic acids is 1. The summed E-state index contributed by atoms with van der Waals surface area (Å²) in [5.74, 6) is -0.716. The number of amides is 1. The van der Waals surface area contributed by atoms with E-state index in [1.807, 2.05) is 0 Å². The smallest absolute Gasteiger partial charge is 0.332 e. The summed E-state index contributed by atoms with van der Waals surface area (Å²) in [4.78, 5) is 25.8. The second kappa shape index (κ2) is 7.16. The van der Waals surface area contributed by atoms with Crippen molar-refractivity contribution in [2.75, 3.05) is 13.1 Å².